The van der Waals surface area contributed by atoms with Crippen molar-refractivity contribution < 1.29 is 9.90 Å². The van der Waals surface area contributed by atoms with Gasteiger partial charge >= 0.3 is 0 Å². The molecule has 0 aliphatic carbocycles. The largest absolute Gasteiger partial charge is 0.393 e. The Labute approximate surface area is 190 Å². The molecule has 0 saturated heterocycles. The number of carbonyl (C=O) groups excluding carboxylic acids is 1. The SMILES string of the molecule is CCCCCCCCCCCCCCCCCCCCCCCCCC(O)C[C]=O. The fourth-order valence-corrected chi connectivity index (χ4v) is 4.36. The van der Waals surface area contributed by atoms with Crippen molar-refractivity contribution in [3.8, 4) is 0 Å². The summed E-state index contributed by atoms with van der Waals surface area (Å²) in [5, 5.41) is 9.46. The van der Waals surface area contributed by atoms with E-state index < -0.39 is 6.10 Å². The predicted molar refractivity (Wildman–Crippen MR) is 133 cm³/mol. The van der Waals surface area contributed by atoms with Crippen molar-refractivity contribution >= 4 is 6.29 Å². The maximum absolute atomic E-state index is 10.2. The van der Waals surface area contributed by atoms with E-state index in [9.17, 15) is 9.90 Å². The van der Waals surface area contributed by atoms with Crippen LogP contribution >= 0.6 is 0 Å². The van der Waals surface area contributed by atoms with Crippen LogP contribution in [0.15, 0.2) is 0 Å². The van der Waals surface area contributed by atoms with E-state index in [-0.39, 0.29) is 6.42 Å². The van der Waals surface area contributed by atoms with Gasteiger partial charge in [0.2, 0.25) is 6.29 Å². The quantitative estimate of drug-likeness (QED) is 0.141. The third-order valence-electron chi connectivity index (χ3n) is 6.46. The van der Waals surface area contributed by atoms with Crippen molar-refractivity contribution in [2.24, 2.45) is 0 Å². The summed E-state index contributed by atoms with van der Waals surface area (Å²) >= 11 is 0. The van der Waals surface area contributed by atoms with Crippen LogP contribution in [0.3, 0.4) is 0 Å². The van der Waals surface area contributed by atoms with Crippen LogP contribution in [0.2, 0.25) is 0 Å². The van der Waals surface area contributed by atoms with Gasteiger partial charge in [0, 0.05) is 6.42 Å². The zero-order chi connectivity index (χ0) is 22.0. The van der Waals surface area contributed by atoms with Gasteiger partial charge < -0.3 is 5.11 Å². The van der Waals surface area contributed by atoms with E-state index in [4.69, 9.17) is 0 Å². The lowest BCUT2D eigenvalue weighted by atomic mass is 10.0. The van der Waals surface area contributed by atoms with Crippen LogP contribution in [0.1, 0.15) is 167 Å². The molecular formula is C28H55O2. The van der Waals surface area contributed by atoms with Crippen LogP contribution in [-0.4, -0.2) is 17.5 Å². The van der Waals surface area contributed by atoms with Gasteiger partial charge in [-0.3, -0.25) is 4.79 Å². The van der Waals surface area contributed by atoms with Crippen LogP contribution in [0.5, 0.6) is 0 Å². The number of unbranched alkanes of at least 4 members (excludes halogenated alkanes) is 22. The van der Waals surface area contributed by atoms with Crippen molar-refractivity contribution in [2.45, 2.75) is 174 Å². The molecule has 1 radical (unpaired) electrons. The molecule has 30 heavy (non-hydrogen) atoms. The second-order valence-electron chi connectivity index (χ2n) is 9.57. The molecule has 0 bridgehead atoms. The highest BCUT2D eigenvalue weighted by atomic mass is 16.3. The fourth-order valence-electron chi connectivity index (χ4n) is 4.36. The molecule has 0 aromatic carbocycles. The molecule has 0 fully saturated rings. The van der Waals surface area contributed by atoms with Crippen molar-refractivity contribution in [3.05, 3.63) is 0 Å². The minimum absolute atomic E-state index is 0.180. The normalized spacial score (nSPS) is 12.3. The molecule has 0 spiro atoms. The molecule has 0 aromatic rings. The van der Waals surface area contributed by atoms with Gasteiger partial charge in [-0.1, -0.05) is 155 Å². The Bertz CT molecular complexity index is 316. The molecule has 0 rings (SSSR count). The van der Waals surface area contributed by atoms with E-state index in [1.54, 1.807) is 6.29 Å². The lowest BCUT2D eigenvalue weighted by molar-refractivity contribution is 0.167. The number of aliphatic hydroxyl groups excluding tert-OH is 1. The monoisotopic (exact) mass is 423 g/mol. The van der Waals surface area contributed by atoms with Crippen molar-refractivity contribution in [1.29, 1.82) is 0 Å². The highest BCUT2D eigenvalue weighted by Crippen LogP contribution is 2.15. The van der Waals surface area contributed by atoms with Gasteiger partial charge in [-0.15, -0.1) is 0 Å². The van der Waals surface area contributed by atoms with Gasteiger partial charge in [-0.05, 0) is 6.42 Å². The van der Waals surface area contributed by atoms with Gasteiger partial charge in [0.15, 0.2) is 0 Å². The maximum atomic E-state index is 10.2. The highest BCUT2D eigenvalue weighted by Gasteiger charge is 2.02. The van der Waals surface area contributed by atoms with E-state index in [0.717, 1.165) is 12.8 Å². The average molecular weight is 424 g/mol. The molecule has 0 heterocycles. The van der Waals surface area contributed by atoms with Crippen molar-refractivity contribution in [1.82, 2.24) is 0 Å². The third-order valence-corrected chi connectivity index (χ3v) is 6.46. The smallest absolute Gasteiger partial charge is 0.201 e. The Hall–Kier alpha value is -0.370. The molecule has 0 aliphatic rings. The molecule has 2 heteroatoms. The van der Waals surface area contributed by atoms with Crippen LogP contribution in [0.4, 0.5) is 0 Å². The number of aliphatic hydroxyl groups is 1. The van der Waals surface area contributed by atoms with Gasteiger partial charge in [0.25, 0.3) is 0 Å². The number of hydrogen-bond donors (Lipinski definition) is 1. The predicted octanol–water partition coefficient (Wildman–Crippen LogP) is 9.23. The Kier molecular flexibility index (Phi) is 26.3. The van der Waals surface area contributed by atoms with E-state index in [1.807, 2.05) is 0 Å². The summed E-state index contributed by atoms with van der Waals surface area (Å²) in [7, 11) is 0. The first-order valence-corrected chi connectivity index (χ1v) is 13.8. The third kappa shape index (κ3) is 25.7. The Morgan fingerprint density at radius 3 is 1.03 bits per heavy atom. The van der Waals surface area contributed by atoms with Crippen molar-refractivity contribution in [3.63, 3.8) is 0 Å². The highest BCUT2D eigenvalue weighted by molar-refractivity contribution is 5.51. The Balaban J connectivity index is 3.03. The molecule has 0 aliphatic heterocycles. The van der Waals surface area contributed by atoms with Gasteiger partial charge in [-0.2, -0.15) is 0 Å². The van der Waals surface area contributed by atoms with E-state index in [0.29, 0.717) is 0 Å². The first kappa shape index (κ1) is 29.6. The lowest BCUT2D eigenvalue weighted by Gasteiger charge is -2.06. The summed E-state index contributed by atoms with van der Waals surface area (Å²) in [6.45, 7) is 2.29. The summed E-state index contributed by atoms with van der Waals surface area (Å²) in [6, 6.07) is 0. The number of hydrogen-bond acceptors (Lipinski definition) is 2. The summed E-state index contributed by atoms with van der Waals surface area (Å²) in [6.07, 6.45) is 34.4. The second kappa shape index (κ2) is 26.7. The molecule has 0 aromatic heterocycles. The van der Waals surface area contributed by atoms with Gasteiger partial charge in [0.05, 0.1) is 6.10 Å². The number of rotatable bonds is 26. The van der Waals surface area contributed by atoms with Gasteiger partial charge in [0.1, 0.15) is 0 Å². The lowest BCUT2D eigenvalue weighted by Crippen LogP contribution is -2.06. The molecule has 1 atom stereocenters. The Morgan fingerprint density at radius 1 is 0.500 bits per heavy atom. The molecule has 0 saturated carbocycles. The van der Waals surface area contributed by atoms with Crippen molar-refractivity contribution in [2.75, 3.05) is 0 Å². The molecule has 2 nitrogen and oxygen atoms in total. The molecule has 179 valence electrons. The average Bonchev–Trinajstić information content (AvgIpc) is 2.74. The summed E-state index contributed by atoms with van der Waals surface area (Å²) in [4.78, 5) is 10.2. The van der Waals surface area contributed by atoms with E-state index in [1.165, 1.54) is 141 Å². The van der Waals surface area contributed by atoms with Crippen LogP contribution in [-0.2, 0) is 4.79 Å². The Morgan fingerprint density at radius 2 is 0.767 bits per heavy atom. The van der Waals surface area contributed by atoms with Crippen LogP contribution < -0.4 is 0 Å². The van der Waals surface area contributed by atoms with Crippen LogP contribution in [0, 0.1) is 0 Å². The second-order valence-corrected chi connectivity index (χ2v) is 9.57. The summed E-state index contributed by atoms with van der Waals surface area (Å²) < 4.78 is 0. The fraction of sp³-hybridized carbons (Fsp3) is 0.964. The van der Waals surface area contributed by atoms with E-state index in [2.05, 4.69) is 6.92 Å². The molecular weight excluding hydrogens is 368 g/mol. The standard InChI is InChI=1S/C28H55O2/c1-2-3-4-5-6-7-8-9-10-11-12-13-14-15-16-17-18-19-20-21-22-23-24-25-28(30)26-27-29/h28,30H,2-26H2,1H3. The van der Waals surface area contributed by atoms with E-state index >= 15 is 0 Å². The minimum Gasteiger partial charge on any atom is -0.393 e. The zero-order valence-corrected chi connectivity index (χ0v) is 20.6. The summed E-state index contributed by atoms with van der Waals surface area (Å²) in [5.74, 6) is 0. The first-order chi connectivity index (χ1) is 14.8. The molecule has 1 N–H and O–H groups in total. The first-order valence-electron chi connectivity index (χ1n) is 13.8. The molecule has 0 amide bonds. The topological polar surface area (TPSA) is 37.3 Å². The zero-order valence-electron chi connectivity index (χ0n) is 20.6. The summed E-state index contributed by atoms with van der Waals surface area (Å²) in [5.41, 5.74) is 0. The minimum atomic E-state index is -0.461. The van der Waals surface area contributed by atoms with Gasteiger partial charge in [-0.25, -0.2) is 0 Å². The molecule has 1 unspecified atom stereocenters. The van der Waals surface area contributed by atoms with Crippen LogP contribution in [0.25, 0.3) is 0 Å². The maximum Gasteiger partial charge on any atom is 0.201 e.